The zero-order valence-corrected chi connectivity index (χ0v) is 10.1. The first-order chi connectivity index (χ1) is 7.17. The van der Waals surface area contributed by atoms with Crippen LogP contribution in [0.2, 0.25) is 0 Å². The largest absolute Gasteiger partial charge is 0.374 e. The first kappa shape index (κ1) is 11.8. The fraction of sp³-hybridized carbons (Fsp3) is 0.583. The first-order valence-corrected chi connectivity index (χ1v) is 5.52. The average Bonchev–Trinajstić information content (AvgIpc) is 2.28. The number of anilines is 2. The van der Waals surface area contributed by atoms with Crippen molar-refractivity contribution >= 4 is 11.5 Å². The highest BCUT2D eigenvalue weighted by Gasteiger charge is 2.05. The van der Waals surface area contributed by atoms with E-state index in [9.17, 15) is 0 Å². The van der Waals surface area contributed by atoms with E-state index >= 15 is 0 Å². The van der Waals surface area contributed by atoms with Crippen LogP contribution in [0.4, 0.5) is 11.5 Å². The molecule has 84 valence electrons. The van der Waals surface area contributed by atoms with E-state index in [0.29, 0.717) is 0 Å². The summed E-state index contributed by atoms with van der Waals surface area (Å²) in [4.78, 5) is 6.48. The Balaban J connectivity index is 2.68. The summed E-state index contributed by atoms with van der Waals surface area (Å²) < 4.78 is 0. The lowest BCUT2D eigenvalue weighted by molar-refractivity contribution is 0.560. The molecule has 3 nitrogen and oxygen atoms in total. The molecular weight excluding hydrogens is 186 g/mol. The maximum absolute atomic E-state index is 4.20. The number of hydrogen-bond acceptors (Lipinski definition) is 3. The Morgan fingerprint density at radius 2 is 2.27 bits per heavy atom. The molecule has 1 heterocycles. The molecule has 0 aromatic carbocycles. The first-order valence-electron chi connectivity index (χ1n) is 5.52. The topological polar surface area (TPSA) is 28.2 Å². The molecule has 0 aliphatic carbocycles. The van der Waals surface area contributed by atoms with Crippen LogP contribution in [-0.4, -0.2) is 25.6 Å². The van der Waals surface area contributed by atoms with Crippen LogP contribution in [0.25, 0.3) is 0 Å². The molecule has 0 saturated heterocycles. The van der Waals surface area contributed by atoms with Crippen LogP contribution < -0.4 is 10.2 Å². The molecule has 0 fully saturated rings. The number of rotatable bonds is 5. The fourth-order valence-corrected chi connectivity index (χ4v) is 1.50. The Kier molecular flexibility index (Phi) is 4.40. The normalized spacial score (nSPS) is 12.3. The van der Waals surface area contributed by atoms with Gasteiger partial charge in [0.2, 0.25) is 0 Å². The lowest BCUT2D eigenvalue weighted by Crippen LogP contribution is -2.23. The minimum absolute atomic E-state index is 0.723. The van der Waals surface area contributed by atoms with Crippen molar-refractivity contribution in [2.24, 2.45) is 5.92 Å². The van der Waals surface area contributed by atoms with E-state index < -0.39 is 0 Å². The van der Waals surface area contributed by atoms with Gasteiger partial charge in [0.15, 0.2) is 0 Å². The Morgan fingerprint density at radius 1 is 1.53 bits per heavy atom. The summed E-state index contributed by atoms with van der Waals surface area (Å²) in [5.41, 5.74) is 1.22. The molecule has 0 aliphatic heterocycles. The molecule has 0 aliphatic rings. The maximum Gasteiger partial charge on any atom is 0.127 e. The van der Waals surface area contributed by atoms with Gasteiger partial charge in [-0.2, -0.15) is 0 Å². The highest BCUT2D eigenvalue weighted by atomic mass is 15.1. The number of nitrogens with one attached hydrogen (secondary N) is 1. The van der Waals surface area contributed by atoms with Crippen molar-refractivity contribution in [2.45, 2.75) is 20.3 Å². The second-order valence-corrected chi connectivity index (χ2v) is 4.04. The monoisotopic (exact) mass is 207 g/mol. The van der Waals surface area contributed by atoms with E-state index in [1.807, 2.05) is 19.3 Å². The van der Waals surface area contributed by atoms with Gasteiger partial charge in [0, 0.05) is 38.6 Å². The lowest BCUT2D eigenvalue weighted by Gasteiger charge is -2.23. The molecule has 1 aromatic heterocycles. The summed E-state index contributed by atoms with van der Waals surface area (Å²) in [6, 6.07) is 4.12. The summed E-state index contributed by atoms with van der Waals surface area (Å²) in [6.45, 7) is 5.59. The van der Waals surface area contributed by atoms with Crippen molar-refractivity contribution in [2.75, 3.05) is 30.9 Å². The second kappa shape index (κ2) is 5.59. The molecule has 0 radical (unpaired) electrons. The predicted octanol–water partition coefficient (Wildman–Crippen LogP) is 2.61. The summed E-state index contributed by atoms with van der Waals surface area (Å²) in [5, 5.41) is 3.05. The van der Waals surface area contributed by atoms with Crippen LogP contribution >= 0.6 is 0 Å². The molecule has 0 amide bonds. The molecule has 1 atom stereocenters. The van der Waals surface area contributed by atoms with E-state index in [-0.39, 0.29) is 0 Å². The highest BCUT2D eigenvalue weighted by molar-refractivity contribution is 5.53. The van der Waals surface area contributed by atoms with Gasteiger partial charge in [-0.3, -0.25) is 0 Å². The number of hydrogen-bond donors (Lipinski definition) is 1. The molecule has 1 rings (SSSR count). The van der Waals surface area contributed by atoms with Crippen molar-refractivity contribution in [3.8, 4) is 0 Å². The van der Waals surface area contributed by atoms with Gasteiger partial charge in [-0.1, -0.05) is 20.3 Å². The summed E-state index contributed by atoms with van der Waals surface area (Å²) in [5.74, 6) is 1.64. The third-order valence-electron chi connectivity index (χ3n) is 2.72. The standard InChI is InChI=1S/C12H21N3/c1-5-10(2)9-15(4)11-6-7-14-12(8-11)13-3/h6-8,10H,5,9H2,1-4H3,(H,13,14). The smallest absolute Gasteiger partial charge is 0.127 e. The van der Waals surface area contributed by atoms with Crippen LogP contribution in [0.5, 0.6) is 0 Å². The molecule has 0 spiro atoms. The number of pyridine rings is 1. The molecule has 0 saturated carbocycles. The molecule has 0 bridgehead atoms. The molecule has 3 heteroatoms. The van der Waals surface area contributed by atoms with Crippen molar-refractivity contribution in [3.63, 3.8) is 0 Å². The Hall–Kier alpha value is -1.25. The van der Waals surface area contributed by atoms with Crippen LogP contribution in [0, 0.1) is 5.92 Å². The molecule has 1 N–H and O–H groups in total. The molecule has 1 unspecified atom stereocenters. The minimum Gasteiger partial charge on any atom is -0.374 e. The fourth-order valence-electron chi connectivity index (χ4n) is 1.50. The average molecular weight is 207 g/mol. The minimum atomic E-state index is 0.723. The van der Waals surface area contributed by atoms with Gasteiger partial charge in [0.1, 0.15) is 5.82 Å². The van der Waals surface area contributed by atoms with Crippen molar-refractivity contribution in [3.05, 3.63) is 18.3 Å². The second-order valence-electron chi connectivity index (χ2n) is 4.04. The van der Waals surface area contributed by atoms with Gasteiger partial charge in [-0.05, 0) is 12.0 Å². The van der Waals surface area contributed by atoms with E-state index in [1.54, 1.807) is 0 Å². The summed E-state index contributed by atoms with van der Waals surface area (Å²) >= 11 is 0. The Morgan fingerprint density at radius 3 is 2.87 bits per heavy atom. The van der Waals surface area contributed by atoms with Crippen molar-refractivity contribution in [1.29, 1.82) is 0 Å². The van der Waals surface area contributed by atoms with Crippen molar-refractivity contribution < 1.29 is 0 Å². The van der Waals surface area contributed by atoms with Gasteiger partial charge >= 0.3 is 0 Å². The van der Waals surface area contributed by atoms with E-state index in [4.69, 9.17) is 0 Å². The van der Waals surface area contributed by atoms with Crippen LogP contribution in [0.1, 0.15) is 20.3 Å². The molecular formula is C12H21N3. The third-order valence-corrected chi connectivity index (χ3v) is 2.72. The third kappa shape index (κ3) is 3.42. The Labute approximate surface area is 92.5 Å². The van der Waals surface area contributed by atoms with Crippen LogP contribution in [-0.2, 0) is 0 Å². The SMILES string of the molecule is CCC(C)CN(C)c1ccnc(NC)c1. The van der Waals surface area contributed by atoms with Crippen LogP contribution in [0.3, 0.4) is 0 Å². The van der Waals surface area contributed by atoms with Gasteiger partial charge in [0.05, 0.1) is 0 Å². The summed E-state index contributed by atoms with van der Waals surface area (Å²) in [6.07, 6.45) is 3.06. The predicted molar refractivity (Wildman–Crippen MR) is 66.5 cm³/mol. The van der Waals surface area contributed by atoms with Crippen molar-refractivity contribution in [1.82, 2.24) is 4.98 Å². The van der Waals surface area contributed by atoms with Gasteiger partial charge in [0.25, 0.3) is 0 Å². The van der Waals surface area contributed by atoms with E-state index in [2.05, 4.69) is 42.2 Å². The zero-order chi connectivity index (χ0) is 11.3. The molecule has 1 aromatic rings. The maximum atomic E-state index is 4.20. The van der Waals surface area contributed by atoms with E-state index in [1.165, 1.54) is 12.1 Å². The highest BCUT2D eigenvalue weighted by Crippen LogP contribution is 2.17. The lowest BCUT2D eigenvalue weighted by atomic mass is 10.1. The van der Waals surface area contributed by atoms with Gasteiger partial charge < -0.3 is 10.2 Å². The molecule has 15 heavy (non-hydrogen) atoms. The quantitative estimate of drug-likeness (QED) is 0.804. The zero-order valence-electron chi connectivity index (χ0n) is 10.1. The number of aromatic nitrogens is 1. The Bertz CT molecular complexity index is 299. The van der Waals surface area contributed by atoms with Gasteiger partial charge in [-0.25, -0.2) is 4.98 Å². The van der Waals surface area contributed by atoms with Gasteiger partial charge in [-0.15, -0.1) is 0 Å². The number of nitrogens with zero attached hydrogens (tertiary/aromatic N) is 2. The summed E-state index contributed by atoms with van der Waals surface area (Å²) in [7, 11) is 4.02. The van der Waals surface area contributed by atoms with E-state index in [0.717, 1.165) is 18.3 Å². The van der Waals surface area contributed by atoms with Crippen LogP contribution in [0.15, 0.2) is 18.3 Å².